The molecule has 2 aromatic rings. The number of hydrogen-bond donors (Lipinski definition) is 1. The van der Waals surface area contributed by atoms with Crippen LogP contribution in [0.25, 0.3) is 11.0 Å². The van der Waals surface area contributed by atoms with Gasteiger partial charge in [-0.3, -0.25) is 0 Å². The van der Waals surface area contributed by atoms with Crippen LogP contribution in [0.1, 0.15) is 50.3 Å². The standard InChI is InChI=1S/C20H27NO3/c1-12(2)17-8-18-16(7-20(22)24-19(18)6-13(17)3)11-21-9-14(4)23-15(5)10-21/h6-8,12,14-15H,9-11H2,1-5H3/p+1/t14-,15+. The smallest absolute Gasteiger partial charge is 0.336 e. The Hall–Kier alpha value is -1.65. The second-order valence-corrected chi connectivity index (χ2v) is 7.54. The van der Waals surface area contributed by atoms with Crippen molar-refractivity contribution in [3.05, 3.63) is 45.3 Å². The van der Waals surface area contributed by atoms with Gasteiger partial charge in [-0.25, -0.2) is 4.79 Å². The second kappa shape index (κ2) is 6.69. The lowest BCUT2D eigenvalue weighted by Crippen LogP contribution is -3.14. The van der Waals surface area contributed by atoms with Crippen LogP contribution in [0.5, 0.6) is 0 Å². The number of ether oxygens (including phenoxy) is 1. The van der Waals surface area contributed by atoms with E-state index in [2.05, 4.69) is 40.7 Å². The monoisotopic (exact) mass is 330 g/mol. The van der Waals surface area contributed by atoms with E-state index in [4.69, 9.17) is 9.15 Å². The molecule has 1 aromatic carbocycles. The lowest BCUT2D eigenvalue weighted by molar-refractivity contribution is -0.928. The first kappa shape index (κ1) is 17.2. The molecular weight excluding hydrogens is 302 g/mol. The Labute approximate surface area is 143 Å². The first-order valence-electron chi connectivity index (χ1n) is 8.89. The third-order valence-electron chi connectivity index (χ3n) is 4.90. The van der Waals surface area contributed by atoms with Gasteiger partial charge in [0.05, 0.1) is 0 Å². The van der Waals surface area contributed by atoms with Gasteiger partial charge < -0.3 is 14.1 Å². The van der Waals surface area contributed by atoms with Crippen molar-refractivity contribution in [1.82, 2.24) is 0 Å². The number of benzene rings is 1. The van der Waals surface area contributed by atoms with Crippen LogP contribution in [0.2, 0.25) is 0 Å². The average Bonchev–Trinajstić information content (AvgIpc) is 2.44. The summed E-state index contributed by atoms with van der Waals surface area (Å²) >= 11 is 0. The summed E-state index contributed by atoms with van der Waals surface area (Å²) in [7, 11) is 0. The number of nitrogens with one attached hydrogen (secondary N) is 1. The summed E-state index contributed by atoms with van der Waals surface area (Å²) in [5.41, 5.74) is 4.02. The molecule has 3 rings (SSSR count). The van der Waals surface area contributed by atoms with E-state index < -0.39 is 0 Å². The first-order valence-corrected chi connectivity index (χ1v) is 8.89. The Morgan fingerprint density at radius 1 is 1.17 bits per heavy atom. The summed E-state index contributed by atoms with van der Waals surface area (Å²) in [6.45, 7) is 13.5. The predicted octanol–water partition coefficient (Wildman–Crippen LogP) is 2.42. The lowest BCUT2D eigenvalue weighted by atomic mass is 9.94. The van der Waals surface area contributed by atoms with Crippen LogP contribution in [0.3, 0.4) is 0 Å². The van der Waals surface area contributed by atoms with E-state index in [1.165, 1.54) is 16.0 Å². The number of aryl methyl sites for hydroxylation is 1. The minimum atomic E-state index is -0.261. The molecule has 0 spiro atoms. The summed E-state index contributed by atoms with van der Waals surface area (Å²) in [5, 5.41) is 1.07. The maximum absolute atomic E-state index is 12.0. The zero-order chi connectivity index (χ0) is 17.4. The molecule has 1 aliphatic rings. The van der Waals surface area contributed by atoms with Crippen LogP contribution >= 0.6 is 0 Å². The van der Waals surface area contributed by atoms with Crippen LogP contribution < -0.4 is 10.5 Å². The third kappa shape index (κ3) is 3.55. The Balaban J connectivity index is 2.03. The number of hydrogen-bond acceptors (Lipinski definition) is 3. The van der Waals surface area contributed by atoms with Crippen molar-refractivity contribution in [1.29, 1.82) is 0 Å². The molecule has 24 heavy (non-hydrogen) atoms. The van der Waals surface area contributed by atoms with Crippen LogP contribution in [0.4, 0.5) is 0 Å². The summed E-state index contributed by atoms with van der Waals surface area (Å²) in [6.07, 6.45) is 0.507. The van der Waals surface area contributed by atoms with E-state index in [-0.39, 0.29) is 17.8 Å². The predicted molar refractivity (Wildman–Crippen MR) is 95.7 cm³/mol. The van der Waals surface area contributed by atoms with Crippen molar-refractivity contribution in [3.8, 4) is 0 Å². The van der Waals surface area contributed by atoms with Crippen LogP contribution in [-0.4, -0.2) is 25.3 Å². The molecule has 1 aromatic heterocycles. The van der Waals surface area contributed by atoms with E-state index in [1.807, 2.05) is 6.07 Å². The van der Waals surface area contributed by atoms with Crippen molar-refractivity contribution < 1.29 is 14.1 Å². The number of rotatable bonds is 3. The highest BCUT2D eigenvalue weighted by molar-refractivity contribution is 5.82. The summed E-state index contributed by atoms with van der Waals surface area (Å²) in [5.74, 6) is 0.449. The quantitative estimate of drug-likeness (QED) is 0.879. The van der Waals surface area contributed by atoms with Gasteiger partial charge in [-0.15, -0.1) is 0 Å². The molecule has 2 heterocycles. The molecule has 0 saturated carbocycles. The molecule has 4 nitrogen and oxygen atoms in total. The molecule has 1 fully saturated rings. The van der Waals surface area contributed by atoms with Gasteiger partial charge in [0.1, 0.15) is 37.4 Å². The van der Waals surface area contributed by atoms with Gasteiger partial charge in [0.2, 0.25) is 0 Å². The van der Waals surface area contributed by atoms with E-state index in [1.54, 1.807) is 6.07 Å². The number of fused-ring (bicyclic) bond motifs is 1. The Morgan fingerprint density at radius 2 is 1.83 bits per heavy atom. The normalized spacial score (nSPS) is 24.7. The average molecular weight is 330 g/mol. The topological polar surface area (TPSA) is 43.9 Å². The highest BCUT2D eigenvalue weighted by Gasteiger charge is 2.26. The SMILES string of the molecule is Cc1cc2oc(=O)cc(C[NH+]3C[C@@H](C)O[C@@H](C)C3)c2cc1C(C)C. The molecule has 4 heteroatoms. The molecule has 130 valence electrons. The first-order chi connectivity index (χ1) is 11.3. The van der Waals surface area contributed by atoms with Crippen molar-refractivity contribution >= 4 is 11.0 Å². The molecule has 0 bridgehead atoms. The van der Waals surface area contributed by atoms with Gasteiger partial charge in [-0.2, -0.15) is 0 Å². The van der Waals surface area contributed by atoms with E-state index in [0.717, 1.165) is 30.6 Å². The summed E-state index contributed by atoms with van der Waals surface area (Å²) in [6, 6.07) is 5.88. The Kier molecular flexibility index (Phi) is 4.79. The molecule has 0 amide bonds. The maximum Gasteiger partial charge on any atom is 0.336 e. The molecule has 1 saturated heterocycles. The second-order valence-electron chi connectivity index (χ2n) is 7.54. The van der Waals surface area contributed by atoms with Gasteiger partial charge in [0.15, 0.2) is 0 Å². The zero-order valence-corrected chi connectivity index (χ0v) is 15.3. The maximum atomic E-state index is 12.0. The van der Waals surface area contributed by atoms with Crippen LogP contribution in [0.15, 0.2) is 27.4 Å². The molecule has 3 atom stereocenters. The highest BCUT2D eigenvalue weighted by atomic mass is 16.5. The van der Waals surface area contributed by atoms with Crippen molar-refractivity contribution in [2.75, 3.05) is 13.1 Å². The number of morpholine rings is 1. The molecular formula is C20H28NO3+. The molecule has 1 aliphatic heterocycles. The zero-order valence-electron chi connectivity index (χ0n) is 15.3. The van der Waals surface area contributed by atoms with Crippen LogP contribution in [0, 0.1) is 6.92 Å². The lowest BCUT2D eigenvalue weighted by Gasteiger charge is -2.32. The van der Waals surface area contributed by atoms with Gasteiger partial charge in [-0.1, -0.05) is 13.8 Å². The molecule has 0 aliphatic carbocycles. The van der Waals surface area contributed by atoms with E-state index in [0.29, 0.717) is 11.5 Å². The fourth-order valence-electron chi connectivity index (χ4n) is 3.96. The largest absolute Gasteiger partial charge is 0.423 e. The van der Waals surface area contributed by atoms with E-state index in [9.17, 15) is 4.79 Å². The third-order valence-corrected chi connectivity index (χ3v) is 4.90. The van der Waals surface area contributed by atoms with Crippen molar-refractivity contribution in [2.24, 2.45) is 0 Å². The van der Waals surface area contributed by atoms with Gasteiger partial charge in [0.25, 0.3) is 0 Å². The Bertz CT molecular complexity index is 783. The van der Waals surface area contributed by atoms with E-state index >= 15 is 0 Å². The summed E-state index contributed by atoms with van der Waals surface area (Å²) in [4.78, 5) is 13.5. The van der Waals surface area contributed by atoms with Crippen molar-refractivity contribution in [3.63, 3.8) is 0 Å². The fourth-order valence-corrected chi connectivity index (χ4v) is 3.96. The van der Waals surface area contributed by atoms with Crippen LogP contribution in [-0.2, 0) is 11.3 Å². The molecule has 1 N–H and O–H groups in total. The summed E-state index contributed by atoms with van der Waals surface area (Å²) < 4.78 is 11.3. The number of quaternary nitrogens is 1. The Morgan fingerprint density at radius 3 is 2.46 bits per heavy atom. The fraction of sp³-hybridized carbons (Fsp3) is 0.550. The van der Waals surface area contributed by atoms with Gasteiger partial charge >= 0.3 is 5.63 Å². The minimum absolute atomic E-state index is 0.253. The molecule has 1 unspecified atom stereocenters. The van der Waals surface area contributed by atoms with Gasteiger partial charge in [0, 0.05) is 17.0 Å². The highest BCUT2D eigenvalue weighted by Crippen LogP contribution is 2.26. The minimum Gasteiger partial charge on any atom is -0.423 e. The van der Waals surface area contributed by atoms with Gasteiger partial charge in [-0.05, 0) is 49.9 Å². The molecule has 0 radical (unpaired) electrons. The van der Waals surface area contributed by atoms with Crippen molar-refractivity contribution in [2.45, 2.75) is 59.3 Å².